The Hall–Kier alpha value is -1.80. The minimum absolute atomic E-state index is 0.321. The molecule has 7 nitrogen and oxygen atoms in total. The van der Waals surface area contributed by atoms with Crippen LogP contribution in [0.2, 0.25) is 0 Å². The molecule has 2 heterocycles. The van der Waals surface area contributed by atoms with Gasteiger partial charge >= 0.3 is 0 Å². The van der Waals surface area contributed by atoms with Crippen LogP contribution in [0.3, 0.4) is 0 Å². The van der Waals surface area contributed by atoms with Crippen molar-refractivity contribution in [3.05, 3.63) is 30.6 Å². The van der Waals surface area contributed by atoms with Crippen molar-refractivity contribution in [2.45, 2.75) is 30.6 Å². The summed E-state index contributed by atoms with van der Waals surface area (Å²) < 4.78 is 28.3. The van der Waals surface area contributed by atoms with Crippen molar-refractivity contribution in [2.24, 2.45) is 0 Å². The van der Waals surface area contributed by atoms with E-state index in [0.717, 1.165) is 31.4 Å². The van der Waals surface area contributed by atoms with Crippen molar-refractivity contribution in [2.75, 3.05) is 13.1 Å². The van der Waals surface area contributed by atoms with Gasteiger partial charge in [0.05, 0.1) is 10.6 Å². The van der Waals surface area contributed by atoms with Crippen LogP contribution in [0.4, 0.5) is 0 Å². The molecule has 0 N–H and O–H groups in total. The van der Waals surface area contributed by atoms with Gasteiger partial charge in [-0.25, -0.2) is 13.1 Å². The maximum absolute atomic E-state index is 12.6. The van der Waals surface area contributed by atoms with E-state index in [1.54, 1.807) is 28.6 Å². The van der Waals surface area contributed by atoms with Gasteiger partial charge in [0, 0.05) is 13.1 Å². The third-order valence-corrected chi connectivity index (χ3v) is 5.57. The van der Waals surface area contributed by atoms with E-state index in [1.165, 1.54) is 11.0 Å². The van der Waals surface area contributed by atoms with Crippen LogP contribution in [0.25, 0.3) is 5.69 Å². The van der Waals surface area contributed by atoms with E-state index >= 15 is 0 Å². The number of tetrazole rings is 1. The lowest BCUT2D eigenvalue weighted by atomic mass is 10.2. The quantitative estimate of drug-likeness (QED) is 0.852. The van der Waals surface area contributed by atoms with E-state index in [9.17, 15) is 8.42 Å². The molecule has 0 saturated carbocycles. The maximum Gasteiger partial charge on any atom is 0.243 e. The first-order valence-corrected chi connectivity index (χ1v) is 8.45. The first kappa shape index (κ1) is 14.2. The predicted molar refractivity (Wildman–Crippen MR) is 76.4 cm³/mol. The molecule has 1 saturated heterocycles. The number of hydrogen-bond donors (Lipinski definition) is 0. The molecule has 112 valence electrons. The van der Waals surface area contributed by atoms with E-state index in [0.29, 0.717) is 18.0 Å². The van der Waals surface area contributed by atoms with Gasteiger partial charge in [0.1, 0.15) is 6.33 Å². The number of hydrogen-bond acceptors (Lipinski definition) is 5. The Morgan fingerprint density at radius 2 is 1.62 bits per heavy atom. The molecule has 1 aliphatic heterocycles. The molecule has 21 heavy (non-hydrogen) atoms. The lowest BCUT2D eigenvalue weighted by Crippen LogP contribution is -2.31. The molecule has 0 amide bonds. The second-order valence-corrected chi connectivity index (χ2v) is 7.00. The lowest BCUT2D eigenvalue weighted by Gasteiger charge is -2.19. The minimum atomic E-state index is -3.40. The molecule has 3 rings (SSSR count). The lowest BCUT2D eigenvalue weighted by molar-refractivity contribution is 0.423. The smallest absolute Gasteiger partial charge is 0.207 e. The Balaban J connectivity index is 1.85. The Morgan fingerprint density at radius 1 is 0.952 bits per heavy atom. The topological polar surface area (TPSA) is 81.0 Å². The van der Waals surface area contributed by atoms with Crippen molar-refractivity contribution in [3.63, 3.8) is 0 Å². The van der Waals surface area contributed by atoms with Gasteiger partial charge in [-0.3, -0.25) is 0 Å². The summed E-state index contributed by atoms with van der Waals surface area (Å²) in [7, 11) is -3.40. The Bertz CT molecular complexity index is 674. The summed E-state index contributed by atoms with van der Waals surface area (Å²) in [5.41, 5.74) is 0.731. The van der Waals surface area contributed by atoms with E-state index in [-0.39, 0.29) is 0 Å². The van der Waals surface area contributed by atoms with Gasteiger partial charge in [0.2, 0.25) is 10.0 Å². The van der Waals surface area contributed by atoms with Crippen molar-refractivity contribution >= 4 is 10.0 Å². The second kappa shape index (κ2) is 5.90. The molecule has 0 atom stereocenters. The highest BCUT2D eigenvalue weighted by Crippen LogP contribution is 2.21. The standard InChI is InChI=1S/C13H17N5O2S/c19-21(20,17-9-3-1-2-4-10-17)13-7-5-12(6-8-13)18-11-14-15-16-18/h5-8,11H,1-4,9-10H2. The molecular formula is C13H17N5O2S. The van der Waals surface area contributed by atoms with Crippen LogP contribution in [0.15, 0.2) is 35.5 Å². The fourth-order valence-electron chi connectivity index (χ4n) is 2.48. The first-order chi connectivity index (χ1) is 10.2. The van der Waals surface area contributed by atoms with E-state index in [2.05, 4.69) is 15.5 Å². The highest BCUT2D eigenvalue weighted by Gasteiger charge is 2.24. The van der Waals surface area contributed by atoms with E-state index < -0.39 is 10.0 Å². The molecule has 0 radical (unpaired) electrons. The molecule has 0 aliphatic carbocycles. The summed E-state index contributed by atoms with van der Waals surface area (Å²) in [6.45, 7) is 1.22. The molecule has 0 bridgehead atoms. The van der Waals surface area contributed by atoms with Crippen molar-refractivity contribution in [1.29, 1.82) is 0 Å². The third-order valence-electron chi connectivity index (χ3n) is 3.65. The highest BCUT2D eigenvalue weighted by atomic mass is 32.2. The van der Waals surface area contributed by atoms with E-state index in [4.69, 9.17) is 0 Å². The number of benzene rings is 1. The Morgan fingerprint density at radius 3 is 2.19 bits per heavy atom. The van der Waals surface area contributed by atoms with Gasteiger partial charge in [-0.05, 0) is 47.5 Å². The van der Waals surface area contributed by atoms with Crippen LogP contribution in [0, 0.1) is 0 Å². The Labute approximate surface area is 123 Å². The van der Waals surface area contributed by atoms with Crippen molar-refractivity contribution in [1.82, 2.24) is 24.5 Å². The van der Waals surface area contributed by atoms with Crippen LogP contribution in [-0.2, 0) is 10.0 Å². The summed E-state index contributed by atoms with van der Waals surface area (Å²) in [4.78, 5) is 0.321. The fraction of sp³-hybridized carbons (Fsp3) is 0.462. The van der Waals surface area contributed by atoms with Crippen LogP contribution >= 0.6 is 0 Å². The molecule has 1 aliphatic rings. The normalized spacial score (nSPS) is 17.5. The van der Waals surface area contributed by atoms with Crippen LogP contribution in [-0.4, -0.2) is 46.0 Å². The maximum atomic E-state index is 12.6. The van der Waals surface area contributed by atoms with Gasteiger partial charge in [-0.1, -0.05) is 12.8 Å². The zero-order valence-corrected chi connectivity index (χ0v) is 12.4. The largest absolute Gasteiger partial charge is 0.243 e. The van der Waals surface area contributed by atoms with Crippen LogP contribution < -0.4 is 0 Å². The van der Waals surface area contributed by atoms with Gasteiger partial charge in [0.15, 0.2) is 0 Å². The van der Waals surface area contributed by atoms with Gasteiger partial charge in [0.25, 0.3) is 0 Å². The van der Waals surface area contributed by atoms with E-state index in [1.807, 2.05) is 0 Å². The molecule has 0 unspecified atom stereocenters. The summed E-state index contributed by atoms with van der Waals surface area (Å²) in [5, 5.41) is 10.9. The SMILES string of the molecule is O=S(=O)(c1ccc(-n2cnnn2)cc1)N1CCCCCC1. The van der Waals surface area contributed by atoms with Gasteiger partial charge < -0.3 is 0 Å². The first-order valence-electron chi connectivity index (χ1n) is 7.01. The summed E-state index contributed by atoms with van der Waals surface area (Å²) in [5.74, 6) is 0. The number of sulfonamides is 1. The van der Waals surface area contributed by atoms with Crippen LogP contribution in [0.5, 0.6) is 0 Å². The highest BCUT2D eigenvalue weighted by molar-refractivity contribution is 7.89. The van der Waals surface area contributed by atoms with Crippen molar-refractivity contribution in [3.8, 4) is 5.69 Å². The zero-order valence-electron chi connectivity index (χ0n) is 11.6. The average molecular weight is 307 g/mol. The van der Waals surface area contributed by atoms with Gasteiger partial charge in [-0.15, -0.1) is 5.10 Å². The summed E-state index contributed by atoms with van der Waals surface area (Å²) >= 11 is 0. The van der Waals surface area contributed by atoms with Crippen molar-refractivity contribution < 1.29 is 8.42 Å². The number of aromatic nitrogens is 4. The number of nitrogens with zero attached hydrogens (tertiary/aromatic N) is 5. The second-order valence-electron chi connectivity index (χ2n) is 5.07. The monoisotopic (exact) mass is 307 g/mol. The molecule has 8 heteroatoms. The van der Waals surface area contributed by atoms with Crippen LogP contribution in [0.1, 0.15) is 25.7 Å². The summed E-state index contributed by atoms with van der Waals surface area (Å²) in [6.07, 6.45) is 5.54. The molecule has 1 fully saturated rings. The molecular weight excluding hydrogens is 290 g/mol. The number of rotatable bonds is 3. The fourth-order valence-corrected chi connectivity index (χ4v) is 4.00. The molecule has 1 aromatic heterocycles. The summed E-state index contributed by atoms with van der Waals surface area (Å²) in [6, 6.07) is 6.64. The average Bonchev–Trinajstić information content (AvgIpc) is 2.89. The zero-order chi connectivity index (χ0) is 14.7. The van der Waals surface area contributed by atoms with Gasteiger partial charge in [-0.2, -0.15) is 4.31 Å². The molecule has 0 spiro atoms. The predicted octanol–water partition coefficient (Wildman–Crippen LogP) is 1.23. The Kier molecular flexibility index (Phi) is 3.98. The third kappa shape index (κ3) is 2.96. The minimum Gasteiger partial charge on any atom is -0.207 e. The molecule has 1 aromatic carbocycles. The molecule has 2 aromatic rings.